The van der Waals surface area contributed by atoms with Crippen LogP contribution in [0.1, 0.15) is 48.1 Å². The van der Waals surface area contributed by atoms with Gasteiger partial charge < -0.3 is 10.6 Å². The van der Waals surface area contributed by atoms with Gasteiger partial charge in [-0.1, -0.05) is 48.4 Å². The van der Waals surface area contributed by atoms with Crippen molar-refractivity contribution in [2.45, 2.75) is 49.9 Å². The Morgan fingerprint density at radius 3 is 2.38 bits per heavy atom. The first-order valence-corrected chi connectivity index (χ1v) is 12.6. The summed E-state index contributed by atoms with van der Waals surface area (Å²) < 4.78 is 55.9. The molecule has 5 rings (SSSR count). The van der Waals surface area contributed by atoms with Crippen LogP contribution < -0.4 is 10.6 Å². The van der Waals surface area contributed by atoms with Crippen molar-refractivity contribution >= 4 is 17.6 Å². The van der Waals surface area contributed by atoms with Crippen molar-refractivity contribution in [1.29, 1.82) is 0 Å². The number of fused-ring (bicyclic) bond motifs is 2. The van der Waals surface area contributed by atoms with Crippen LogP contribution in [-0.2, 0) is 18.1 Å². The average Bonchev–Trinajstić information content (AvgIpc) is 3.47. The van der Waals surface area contributed by atoms with Gasteiger partial charge in [-0.3, -0.25) is 4.98 Å². The van der Waals surface area contributed by atoms with Crippen molar-refractivity contribution in [2.24, 2.45) is 11.8 Å². The van der Waals surface area contributed by atoms with Gasteiger partial charge >= 0.3 is 12.2 Å². The van der Waals surface area contributed by atoms with Crippen LogP contribution in [0.4, 0.5) is 22.4 Å². The third-order valence-corrected chi connectivity index (χ3v) is 7.80. The number of alkyl halides is 3. The van der Waals surface area contributed by atoms with Gasteiger partial charge in [0.25, 0.3) is 0 Å². The number of benzene rings is 2. The van der Waals surface area contributed by atoms with Crippen LogP contribution in [0.5, 0.6) is 0 Å². The molecule has 2 fully saturated rings. The number of hydrogen-bond acceptors (Lipinski definition) is 2. The van der Waals surface area contributed by atoms with E-state index in [9.17, 15) is 22.4 Å². The number of carbonyl (C=O) groups is 1. The topological polar surface area (TPSA) is 54.0 Å². The molecular weight excluding hydrogens is 506 g/mol. The lowest BCUT2D eigenvalue weighted by atomic mass is 9.79. The summed E-state index contributed by atoms with van der Waals surface area (Å²) in [6.45, 7) is 0. The van der Waals surface area contributed by atoms with E-state index < -0.39 is 29.1 Å². The van der Waals surface area contributed by atoms with Crippen molar-refractivity contribution in [3.05, 3.63) is 100 Å². The zero-order chi connectivity index (χ0) is 26.2. The monoisotopic (exact) mass is 531 g/mol. The summed E-state index contributed by atoms with van der Waals surface area (Å²) in [5.41, 5.74) is -1.87. The fraction of sp³-hybridized carbons (Fsp3) is 0.357. The molecule has 2 aliphatic rings. The molecule has 0 radical (unpaired) electrons. The third-order valence-electron chi connectivity index (χ3n) is 7.58. The van der Waals surface area contributed by atoms with E-state index in [4.69, 9.17) is 11.6 Å². The highest BCUT2D eigenvalue weighted by Gasteiger charge is 2.43. The zero-order valence-electron chi connectivity index (χ0n) is 19.9. The number of amides is 2. The summed E-state index contributed by atoms with van der Waals surface area (Å²) in [4.78, 5) is 17.9. The van der Waals surface area contributed by atoms with E-state index >= 15 is 0 Å². The predicted octanol–water partition coefficient (Wildman–Crippen LogP) is 6.87. The number of hydrogen-bond donors (Lipinski definition) is 2. The predicted molar refractivity (Wildman–Crippen MR) is 132 cm³/mol. The van der Waals surface area contributed by atoms with Crippen LogP contribution in [0.3, 0.4) is 0 Å². The number of nitrogens with zero attached hydrogens (tertiary/aromatic N) is 1. The van der Waals surface area contributed by atoms with Gasteiger partial charge in [-0.2, -0.15) is 13.2 Å². The van der Waals surface area contributed by atoms with Gasteiger partial charge in [0, 0.05) is 18.7 Å². The van der Waals surface area contributed by atoms with Gasteiger partial charge in [-0.15, -0.1) is 0 Å². The molecule has 2 aliphatic carbocycles. The Kier molecular flexibility index (Phi) is 6.88. The normalized spacial score (nSPS) is 22.5. The molecule has 2 amide bonds. The second-order valence-electron chi connectivity index (χ2n) is 10.0. The maximum absolute atomic E-state index is 14.7. The molecule has 0 unspecified atom stereocenters. The number of pyridine rings is 1. The Hall–Kier alpha value is -3.13. The molecule has 0 aliphatic heterocycles. The standard InChI is InChI=1S/C28H26ClF4N3O/c29-22-8-9-25(34-16-22)27(15-17-4-2-1-3-5-17,20-12-21(28(31,32)33)14-23(30)13-20)36-26(37)35-24-11-18-6-7-19(24)10-18/h1-5,8-9,12-14,16,18-19,24H,6-7,10-11,15H2,(H2,35,36,37)/t18-,19-,24-,27-/m1/s1. The minimum atomic E-state index is -4.78. The van der Waals surface area contributed by atoms with Gasteiger partial charge in [-0.25, -0.2) is 9.18 Å². The molecule has 4 nitrogen and oxygen atoms in total. The Morgan fingerprint density at radius 1 is 1.00 bits per heavy atom. The van der Waals surface area contributed by atoms with Crippen molar-refractivity contribution in [2.75, 3.05) is 0 Å². The summed E-state index contributed by atoms with van der Waals surface area (Å²) in [5, 5.41) is 6.29. The molecule has 9 heteroatoms. The van der Waals surface area contributed by atoms with Crippen molar-refractivity contribution in [1.82, 2.24) is 15.6 Å². The van der Waals surface area contributed by atoms with Crippen LogP contribution in [0.2, 0.25) is 5.02 Å². The van der Waals surface area contributed by atoms with E-state index in [0.717, 1.165) is 43.4 Å². The largest absolute Gasteiger partial charge is 0.416 e. The molecule has 2 bridgehead atoms. The van der Waals surface area contributed by atoms with E-state index in [0.29, 0.717) is 22.9 Å². The molecule has 37 heavy (non-hydrogen) atoms. The summed E-state index contributed by atoms with van der Waals surface area (Å²) >= 11 is 6.06. The van der Waals surface area contributed by atoms with Gasteiger partial charge in [0.15, 0.2) is 0 Å². The summed E-state index contributed by atoms with van der Waals surface area (Å²) in [6, 6.07) is 13.9. The Bertz CT molecular complexity index is 1270. The zero-order valence-corrected chi connectivity index (χ0v) is 20.6. The number of nitrogens with one attached hydrogen (secondary N) is 2. The Labute approximate surface area is 217 Å². The molecule has 2 saturated carbocycles. The molecule has 4 atom stereocenters. The molecular formula is C28H26ClF4N3O. The minimum absolute atomic E-state index is 0.00963. The third kappa shape index (κ3) is 5.44. The Balaban J connectivity index is 1.62. The first kappa shape index (κ1) is 25.5. The van der Waals surface area contributed by atoms with E-state index in [1.165, 1.54) is 6.20 Å². The summed E-state index contributed by atoms with van der Waals surface area (Å²) in [7, 11) is 0. The van der Waals surface area contributed by atoms with Gasteiger partial charge in [0.05, 0.1) is 16.3 Å². The SMILES string of the molecule is O=C(N[C@@H]1C[C@@H]2CC[C@@H]1C2)N[C@](Cc1ccccc1)(c1cc(F)cc(C(F)(F)F)c1)c1ccc(Cl)cn1. The molecule has 2 N–H and O–H groups in total. The highest BCUT2D eigenvalue weighted by Crippen LogP contribution is 2.44. The number of halogens is 5. The fourth-order valence-electron chi connectivity index (χ4n) is 5.87. The highest BCUT2D eigenvalue weighted by molar-refractivity contribution is 6.30. The quantitative estimate of drug-likeness (QED) is 0.341. The van der Waals surface area contributed by atoms with E-state index in [2.05, 4.69) is 15.6 Å². The number of aromatic nitrogens is 1. The highest BCUT2D eigenvalue weighted by atomic mass is 35.5. The lowest BCUT2D eigenvalue weighted by Crippen LogP contribution is -2.55. The number of rotatable bonds is 6. The molecule has 2 aromatic carbocycles. The van der Waals surface area contributed by atoms with Crippen LogP contribution in [0.15, 0.2) is 66.9 Å². The first-order valence-electron chi connectivity index (χ1n) is 12.3. The van der Waals surface area contributed by atoms with Gasteiger partial charge in [-0.05, 0) is 72.6 Å². The Morgan fingerprint density at radius 2 is 1.76 bits per heavy atom. The van der Waals surface area contributed by atoms with E-state index in [1.807, 2.05) is 6.07 Å². The molecule has 0 spiro atoms. The molecule has 1 heterocycles. The number of carbonyl (C=O) groups excluding carboxylic acids is 1. The molecule has 1 aromatic heterocycles. The van der Waals surface area contributed by atoms with Crippen LogP contribution in [0, 0.1) is 17.7 Å². The minimum Gasteiger partial charge on any atom is -0.335 e. The van der Waals surface area contributed by atoms with Crippen molar-refractivity contribution < 1.29 is 22.4 Å². The van der Waals surface area contributed by atoms with Gasteiger partial charge in [0.2, 0.25) is 0 Å². The number of urea groups is 1. The van der Waals surface area contributed by atoms with E-state index in [-0.39, 0.29) is 23.7 Å². The fourth-order valence-corrected chi connectivity index (χ4v) is 5.98. The molecule has 3 aromatic rings. The lowest BCUT2D eigenvalue weighted by Gasteiger charge is -2.36. The van der Waals surface area contributed by atoms with Gasteiger partial charge in [0.1, 0.15) is 11.4 Å². The second kappa shape index (κ2) is 9.97. The maximum atomic E-state index is 14.7. The molecule has 194 valence electrons. The second-order valence-corrected chi connectivity index (χ2v) is 10.5. The molecule has 0 saturated heterocycles. The first-order chi connectivity index (χ1) is 17.6. The maximum Gasteiger partial charge on any atom is 0.416 e. The average molecular weight is 532 g/mol. The summed E-state index contributed by atoms with van der Waals surface area (Å²) in [5.74, 6) is -0.0923. The van der Waals surface area contributed by atoms with E-state index in [1.54, 1.807) is 36.4 Å². The van der Waals surface area contributed by atoms with Crippen LogP contribution >= 0.6 is 11.6 Å². The van der Waals surface area contributed by atoms with Crippen LogP contribution in [-0.4, -0.2) is 17.1 Å². The smallest absolute Gasteiger partial charge is 0.335 e. The lowest BCUT2D eigenvalue weighted by molar-refractivity contribution is -0.137. The van der Waals surface area contributed by atoms with Crippen LogP contribution in [0.25, 0.3) is 0 Å². The van der Waals surface area contributed by atoms with Crippen molar-refractivity contribution in [3.8, 4) is 0 Å². The van der Waals surface area contributed by atoms with Crippen molar-refractivity contribution in [3.63, 3.8) is 0 Å². The summed E-state index contributed by atoms with van der Waals surface area (Å²) in [6.07, 6.45) is 0.749.